The standard InChI is InChI=1S/C20H20O7.Na/c1-25-17(19(22)23)11-14-5-9-16(10-6-14)27-20(24)18(26-2)12-13-3-7-15(21)8-4-13;/h3-10,12,17,21H,11H2,1-2H3,(H,22,23);/q;+1/p-1. The number of phenolic OH excluding ortho intramolecular Hbond substituents is 1. The number of carboxylic acid groups (broad SMARTS) is 1. The summed E-state index contributed by atoms with van der Waals surface area (Å²) in [5.74, 6) is -1.61. The van der Waals surface area contributed by atoms with E-state index in [0.717, 1.165) is 0 Å². The smallest absolute Gasteiger partial charge is 0.547 e. The Morgan fingerprint density at radius 3 is 2.18 bits per heavy atom. The van der Waals surface area contributed by atoms with Gasteiger partial charge in [-0.25, -0.2) is 4.79 Å². The molecule has 0 radical (unpaired) electrons. The van der Waals surface area contributed by atoms with Crippen LogP contribution in [0.1, 0.15) is 11.1 Å². The Balaban J connectivity index is 0.00000392. The molecule has 0 aliphatic carbocycles. The zero-order valence-electron chi connectivity index (χ0n) is 15.9. The molecule has 0 fully saturated rings. The van der Waals surface area contributed by atoms with E-state index in [0.29, 0.717) is 11.1 Å². The maximum Gasteiger partial charge on any atom is 1.00 e. The molecule has 0 bridgehead atoms. The van der Waals surface area contributed by atoms with Crippen LogP contribution in [-0.4, -0.2) is 37.4 Å². The van der Waals surface area contributed by atoms with E-state index < -0.39 is 18.0 Å². The Kier molecular flexibility index (Phi) is 9.75. The van der Waals surface area contributed by atoms with Gasteiger partial charge in [-0.05, 0) is 41.5 Å². The third-order valence-corrected chi connectivity index (χ3v) is 3.71. The van der Waals surface area contributed by atoms with Crippen LogP contribution in [0.3, 0.4) is 0 Å². The van der Waals surface area contributed by atoms with Crippen LogP contribution in [0, 0.1) is 0 Å². The molecule has 2 rings (SSSR count). The van der Waals surface area contributed by atoms with Crippen molar-refractivity contribution in [3.05, 3.63) is 65.4 Å². The normalized spacial score (nSPS) is 11.9. The van der Waals surface area contributed by atoms with Gasteiger partial charge in [0.1, 0.15) is 17.6 Å². The molecule has 1 unspecified atom stereocenters. The van der Waals surface area contributed by atoms with Gasteiger partial charge in [-0.15, -0.1) is 0 Å². The Hall–Kier alpha value is -2.32. The number of rotatable bonds is 8. The van der Waals surface area contributed by atoms with Crippen molar-refractivity contribution < 1.29 is 63.6 Å². The van der Waals surface area contributed by atoms with Gasteiger partial charge in [0.15, 0.2) is 0 Å². The van der Waals surface area contributed by atoms with E-state index in [1.807, 2.05) is 0 Å². The molecular formula is C20H19NaO7. The molecule has 1 N–H and O–H groups in total. The van der Waals surface area contributed by atoms with Gasteiger partial charge in [0.05, 0.1) is 13.1 Å². The fourth-order valence-electron chi connectivity index (χ4n) is 2.25. The van der Waals surface area contributed by atoms with Gasteiger partial charge < -0.3 is 29.2 Å². The number of hydrogen-bond acceptors (Lipinski definition) is 7. The number of esters is 1. The molecule has 0 heterocycles. The summed E-state index contributed by atoms with van der Waals surface area (Å²) in [5, 5.41) is 20.2. The number of carboxylic acids is 1. The molecule has 0 aliphatic rings. The van der Waals surface area contributed by atoms with Crippen LogP contribution in [0.25, 0.3) is 6.08 Å². The van der Waals surface area contributed by atoms with E-state index in [2.05, 4.69) is 0 Å². The third kappa shape index (κ3) is 7.01. The molecule has 0 saturated heterocycles. The topological polar surface area (TPSA) is 105 Å². The largest absolute Gasteiger partial charge is 1.00 e. The van der Waals surface area contributed by atoms with Crippen molar-refractivity contribution in [2.24, 2.45) is 0 Å². The maximum atomic E-state index is 12.2. The Labute approximate surface area is 184 Å². The number of benzene rings is 2. The average Bonchev–Trinajstić information content (AvgIpc) is 2.66. The Bertz CT molecular complexity index is 813. The molecular weight excluding hydrogens is 375 g/mol. The van der Waals surface area contributed by atoms with Crippen LogP contribution in [-0.2, 0) is 25.5 Å². The minimum absolute atomic E-state index is 0. The van der Waals surface area contributed by atoms with E-state index in [9.17, 15) is 19.8 Å². The second-order valence-electron chi connectivity index (χ2n) is 5.59. The fraction of sp³-hybridized carbons (Fsp3) is 0.200. The SMILES string of the molecule is COC(=Cc1ccc(O)cc1)C(=O)Oc1ccc(CC(OC)C(=O)[O-])cc1.[Na+]. The monoisotopic (exact) mass is 394 g/mol. The van der Waals surface area contributed by atoms with Crippen LogP contribution in [0.5, 0.6) is 11.5 Å². The van der Waals surface area contributed by atoms with Crippen molar-refractivity contribution >= 4 is 18.0 Å². The number of aliphatic carboxylic acids is 1. The number of phenols is 1. The van der Waals surface area contributed by atoms with Crippen LogP contribution in [0.2, 0.25) is 0 Å². The quantitative estimate of drug-likeness (QED) is 0.187. The Morgan fingerprint density at radius 2 is 1.68 bits per heavy atom. The van der Waals surface area contributed by atoms with Crippen LogP contribution in [0.4, 0.5) is 0 Å². The maximum absolute atomic E-state index is 12.2. The van der Waals surface area contributed by atoms with Gasteiger partial charge in [-0.2, -0.15) is 0 Å². The van der Waals surface area contributed by atoms with Crippen molar-refractivity contribution in [3.63, 3.8) is 0 Å². The molecule has 1 atom stereocenters. The Morgan fingerprint density at radius 1 is 1.07 bits per heavy atom. The summed E-state index contributed by atoms with van der Waals surface area (Å²) < 4.78 is 15.2. The first kappa shape index (κ1) is 23.7. The number of carbonyl (C=O) groups is 2. The average molecular weight is 394 g/mol. The van der Waals surface area contributed by atoms with E-state index in [4.69, 9.17) is 14.2 Å². The molecule has 0 aliphatic heterocycles. The number of methoxy groups -OCH3 is 2. The van der Waals surface area contributed by atoms with Crippen molar-refractivity contribution in [3.8, 4) is 11.5 Å². The van der Waals surface area contributed by atoms with E-state index in [1.165, 1.54) is 32.4 Å². The molecule has 0 saturated carbocycles. The van der Waals surface area contributed by atoms with Gasteiger partial charge in [0.2, 0.25) is 5.76 Å². The van der Waals surface area contributed by atoms with Crippen molar-refractivity contribution in [1.82, 2.24) is 0 Å². The minimum Gasteiger partial charge on any atom is -0.547 e. The van der Waals surface area contributed by atoms with Crippen molar-refractivity contribution in [1.29, 1.82) is 0 Å². The first-order chi connectivity index (χ1) is 12.9. The predicted octanol–water partition coefficient (Wildman–Crippen LogP) is -1.70. The molecule has 7 nitrogen and oxygen atoms in total. The molecule has 142 valence electrons. The fourth-order valence-corrected chi connectivity index (χ4v) is 2.25. The summed E-state index contributed by atoms with van der Waals surface area (Å²) in [6.45, 7) is 0. The molecule has 2 aromatic rings. The third-order valence-electron chi connectivity index (χ3n) is 3.71. The second kappa shape index (κ2) is 11.5. The molecule has 2 aromatic carbocycles. The number of aromatic hydroxyl groups is 1. The van der Waals surface area contributed by atoms with E-state index in [-0.39, 0.29) is 53.2 Å². The van der Waals surface area contributed by atoms with Crippen LogP contribution >= 0.6 is 0 Å². The zero-order valence-corrected chi connectivity index (χ0v) is 17.9. The predicted molar refractivity (Wildman–Crippen MR) is 94.7 cm³/mol. The summed E-state index contributed by atoms with van der Waals surface area (Å²) in [6, 6.07) is 12.6. The summed E-state index contributed by atoms with van der Waals surface area (Å²) >= 11 is 0. The van der Waals surface area contributed by atoms with Crippen LogP contribution < -0.4 is 39.4 Å². The van der Waals surface area contributed by atoms with E-state index in [1.54, 1.807) is 36.4 Å². The van der Waals surface area contributed by atoms with Gasteiger partial charge >= 0.3 is 35.5 Å². The van der Waals surface area contributed by atoms with E-state index >= 15 is 0 Å². The van der Waals surface area contributed by atoms with Gasteiger partial charge in [-0.1, -0.05) is 24.3 Å². The summed E-state index contributed by atoms with van der Waals surface area (Å²) in [7, 11) is 2.64. The molecule has 0 spiro atoms. The molecule has 0 amide bonds. The van der Waals surface area contributed by atoms with Gasteiger partial charge in [-0.3, -0.25) is 0 Å². The molecule has 8 heteroatoms. The zero-order chi connectivity index (χ0) is 19.8. The number of hydrogen-bond donors (Lipinski definition) is 1. The first-order valence-electron chi connectivity index (χ1n) is 8.02. The van der Waals surface area contributed by atoms with Crippen LogP contribution in [0.15, 0.2) is 54.3 Å². The summed E-state index contributed by atoms with van der Waals surface area (Å²) in [5.41, 5.74) is 1.35. The van der Waals surface area contributed by atoms with Crippen molar-refractivity contribution in [2.45, 2.75) is 12.5 Å². The molecule has 0 aromatic heterocycles. The summed E-state index contributed by atoms with van der Waals surface area (Å²) in [6.07, 6.45) is 0.572. The first-order valence-corrected chi connectivity index (χ1v) is 8.02. The number of carbonyl (C=O) groups excluding carboxylic acids is 2. The summed E-state index contributed by atoms with van der Waals surface area (Å²) in [4.78, 5) is 23.1. The number of ether oxygens (including phenoxy) is 3. The second-order valence-corrected chi connectivity index (χ2v) is 5.59. The van der Waals surface area contributed by atoms with Gasteiger partial charge in [0.25, 0.3) is 0 Å². The van der Waals surface area contributed by atoms with Crippen molar-refractivity contribution in [2.75, 3.05) is 14.2 Å². The minimum atomic E-state index is -1.29. The van der Waals surface area contributed by atoms with Gasteiger partial charge in [0, 0.05) is 13.5 Å². The molecule has 28 heavy (non-hydrogen) atoms.